The van der Waals surface area contributed by atoms with Crippen molar-refractivity contribution in [1.82, 2.24) is 4.98 Å². The standard InChI is InChI=1S/C12H13N3OS2/c16-8-11-7-10(9-18-11)14-2-4-15(5-3-14)12-13-1-6-17-12/h1,6-9H,2-5H2. The summed E-state index contributed by atoms with van der Waals surface area (Å²) in [7, 11) is 0. The molecule has 0 radical (unpaired) electrons. The van der Waals surface area contributed by atoms with Gasteiger partial charge in [0.2, 0.25) is 0 Å². The monoisotopic (exact) mass is 279 g/mol. The fourth-order valence-electron chi connectivity index (χ4n) is 2.10. The molecule has 3 rings (SSSR count). The minimum atomic E-state index is 0.798. The van der Waals surface area contributed by atoms with Crippen LogP contribution in [0.5, 0.6) is 0 Å². The van der Waals surface area contributed by atoms with Gasteiger partial charge in [0.05, 0.1) is 4.88 Å². The van der Waals surface area contributed by atoms with Gasteiger partial charge in [-0.3, -0.25) is 4.79 Å². The molecule has 1 aliphatic rings. The lowest BCUT2D eigenvalue weighted by Crippen LogP contribution is -2.46. The molecule has 18 heavy (non-hydrogen) atoms. The van der Waals surface area contributed by atoms with Crippen molar-refractivity contribution in [3.63, 3.8) is 0 Å². The van der Waals surface area contributed by atoms with Crippen LogP contribution in [-0.4, -0.2) is 37.4 Å². The van der Waals surface area contributed by atoms with Gasteiger partial charge >= 0.3 is 0 Å². The molecule has 0 bridgehead atoms. The number of piperazine rings is 1. The average molecular weight is 279 g/mol. The van der Waals surface area contributed by atoms with E-state index in [0.717, 1.165) is 42.5 Å². The Kier molecular flexibility index (Phi) is 3.29. The van der Waals surface area contributed by atoms with E-state index < -0.39 is 0 Å². The molecule has 0 saturated carbocycles. The minimum absolute atomic E-state index is 0.798. The van der Waals surface area contributed by atoms with E-state index in [1.165, 1.54) is 17.0 Å². The van der Waals surface area contributed by atoms with Crippen LogP contribution in [-0.2, 0) is 0 Å². The first-order valence-electron chi connectivity index (χ1n) is 5.80. The van der Waals surface area contributed by atoms with Crippen LogP contribution in [0.15, 0.2) is 23.0 Å². The summed E-state index contributed by atoms with van der Waals surface area (Å²) in [6, 6.07) is 1.97. The molecule has 4 nitrogen and oxygen atoms in total. The van der Waals surface area contributed by atoms with E-state index in [9.17, 15) is 4.79 Å². The molecule has 0 amide bonds. The Bertz CT molecular complexity index is 515. The molecule has 0 spiro atoms. The fourth-order valence-corrected chi connectivity index (χ4v) is 3.51. The van der Waals surface area contributed by atoms with Gasteiger partial charge in [-0.2, -0.15) is 0 Å². The van der Waals surface area contributed by atoms with Crippen LogP contribution in [0.4, 0.5) is 10.8 Å². The summed E-state index contributed by atoms with van der Waals surface area (Å²) < 4.78 is 0. The highest BCUT2D eigenvalue weighted by molar-refractivity contribution is 7.13. The van der Waals surface area contributed by atoms with E-state index >= 15 is 0 Å². The number of hydrogen-bond acceptors (Lipinski definition) is 6. The Labute approximate surface area is 113 Å². The summed E-state index contributed by atoms with van der Waals surface area (Å²) in [4.78, 5) is 20.5. The van der Waals surface area contributed by atoms with Crippen LogP contribution < -0.4 is 9.80 Å². The Morgan fingerprint density at radius 2 is 1.94 bits per heavy atom. The number of aromatic nitrogens is 1. The number of rotatable bonds is 3. The first kappa shape index (κ1) is 11.7. The van der Waals surface area contributed by atoms with Crippen LogP contribution in [0.1, 0.15) is 9.67 Å². The lowest BCUT2D eigenvalue weighted by atomic mass is 10.3. The summed E-state index contributed by atoms with van der Waals surface area (Å²) in [6.07, 6.45) is 2.77. The van der Waals surface area contributed by atoms with Gasteiger partial charge in [0.25, 0.3) is 0 Å². The maximum absolute atomic E-state index is 10.7. The largest absolute Gasteiger partial charge is 0.367 e. The van der Waals surface area contributed by atoms with Crippen molar-refractivity contribution in [3.05, 3.63) is 27.9 Å². The molecule has 2 aromatic heterocycles. The average Bonchev–Trinajstić information content (AvgIpc) is 3.10. The van der Waals surface area contributed by atoms with Crippen molar-refractivity contribution >= 4 is 39.8 Å². The highest BCUT2D eigenvalue weighted by Gasteiger charge is 2.19. The highest BCUT2D eigenvalue weighted by atomic mass is 32.1. The van der Waals surface area contributed by atoms with Gasteiger partial charge in [-0.1, -0.05) is 0 Å². The smallest absolute Gasteiger partial charge is 0.185 e. The van der Waals surface area contributed by atoms with E-state index in [4.69, 9.17) is 0 Å². The highest BCUT2D eigenvalue weighted by Crippen LogP contribution is 2.25. The number of thiazole rings is 1. The number of aldehydes is 1. The number of hydrogen-bond donors (Lipinski definition) is 0. The first-order valence-corrected chi connectivity index (χ1v) is 7.56. The van der Waals surface area contributed by atoms with Crippen molar-refractivity contribution < 1.29 is 4.79 Å². The van der Waals surface area contributed by atoms with Gasteiger partial charge in [0, 0.05) is 48.8 Å². The Hall–Kier alpha value is -1.40. The van der Waals surface area contributed by atoms with Crippen molar-refractivity contribution in [2.75, 3.05) is 36.0 Å². The molecule has 6 heteroatoms. The van der Waals surface area contributed by atoms with Crippen LogP contribution in [0, 0.1) is 0 Å². The molecule has 0 atom stereocenters. The molecule has 0 aliphatic carbocycles. The van der Waals surface area contributed by atoms with Gasteiger partial charge in [0.15, 0.2) is 11.4 Å². The number of anilines is 2. The van der Waals surface area contributed by atoms with Crippen LogP contribution in [0.25, 0.3) is 0 Å². The topological polar surface area (TPSA) is 36.4 Å². The first-order chi connectivity index (χ1) is 8.86. The summed E-state index contributed by atoms with van der Waals surface area (Å²) in [5, 5.41) is 5.17. The second kappa shape index (κ2) is 5.07. The number of thiophene rings is 1. The van der Waals surface area contributed by atoms with E-state index in [1.54, 1.807) is 11.3 Å². The molecule has 0 N–H and O–H groups in total. The van der Waals surface area contributed by atoms with Crippen molar-refractivity contribution in [2.24, 2.45) is 0 Å². The third-order valence-corrected chi connectivity index (χ3v) is 4.73. The van der Waals surface area contributed by atoms with Gasteiger partial charge in [-0.25, -0.2) is 4.98 Å². The molecule has 94 valence electrons. The minimum Gasteiger partial charge on any atom is -0.367 e. The predicted octanol–water partition coefficient (Wildman–Crippen LogP) is 2.34. The van der Waals surface area contributed by atoms with E-state index in [-0.39, 0.29) is 0 Å². The van der Waals surface area contributed by atoms with Gasteiger partial charge in [0.1, 0.15) is 0 Å². The number of carbonyl (C=O) groups excluding carboxylic acids is 1. The zero-order valence-electron chi connectivity index (χ0n) is 9.78. The summed E-state index contributed by atoms with van der Waals surface area (Å²) in [6.45, 7) is 3.93. The van der Waals surface area contributed by atoms with E-state index in [2.05, 4.69) is 20.2 Å². The second-order valence-corrected chi connectivity index (χ2v) is 5.93. The van der Waals surface area contributed by atoms with Crippen LogP contribution in [0.3, 0.4) is 0 Å². The molecule has 1 fully saturated rings. The third kappa shape index (κ3) is 2.26. The van der Waals surface area contributed by atoms with Crippen LogP contribution >= 0.6 is 22.7 Å². The third-order valence-electron chi connectivity index (χ3n) is 3.06. The molecule has 0 aromatic carbocycles. The Balaban J connectivity index is 1.64. The molecular weight excluding hydrogens is 266 g/mol. The predicted molar refractivity (Wildman–Crippen MR) is 76.2 cm³/mol. The number of carbonyl (C=O) groups is 1. The molecule has 1 aliphatic heterocycles. The zero-order valence-corrected chi connectivity index (χ0v) is 11.4. The second-order valence-electron chi connectivity index (χ2n) is 4.11. The summed E-state index contributed by atoms with van der Waals surface area (Å²) >= 11 is 3.19. The SMILES string of the molecule is O=Cc1cc(N2CCN(c3nccs3)CC2)cs1. The van der Waals surface area contributed by atoms with E-state index in [0.29, 0.717) is 0 Å². The Morgan fingerprint density at radius 1 is 1.17 bits per heavy atom. The lowest BCUT2D eigenvalue weighted by molar-refractivity contribution is 0.112. The van der Waals surface area contributed by atoms with Gasteiger partial charge < -0.3 is 9.80 Å². The van der Waals surface area contributed by atoms with Crippen LogP contribution in [0.2, 0.25) is 0 Å². The maximum atomic E-state index is 10.7. The maximum Gasteiger partial charge on any atom is 0.185 e. The molecule has 2 aromatic rings. The van der Waals surface area contributed by atoms with E-state index in [1.807, 2.05) is 17.6 Å². The lowest BCUT2D eigenvalue weighted by Gasteiger charge is -2.35. The number of nitrogens with zero attached hydrogens (tertiary/aromatic N) is 3. The van der Waals surface area contributed by atoms with Gasteiger partial charge in [-0.15, -0.1) is 22.7 Å². The molecule has 0 unspecified atom stereocenters. The van der Waals surface area contributed by atoms with Crippen molar-refractivity contribution in [2.45, 2.75) is 0 Å². The fraction of sp³-hybridized carbons (Fsp3) is 0.333. The summed E-state index contributed by atoms with van der Waals surface area (Å²) in [5.41, 5.74) is 1.17. The van der Waals surface area contributed by atoms with Gasteiger partial charge in [-0.05, 0) is 6.07 Å². The van der Waals surface area contributed by atoms with Crippen molar-refractivity contribution in [3.8, 4) is 0 Å². The van der Waals surface area contributed by atoms with Crippen molar-refractivity contribution in [1.29, 1.82) is 0 Å². The normalized spacial score (nSPS) is 16.0. The molecule has 1 saturated heterocycles. The molecule has 3 heterocycles. The molecular formula is C12H13N3OS2. The zero-order chi connectivity index (χ0) is 12.4. The summed E-state index contributed by atoms with van der Waals surface area (Å²) in [5.74, 6) is 0. The Morgan fingerprint density at radius 3 is 2.56 bits per heavy atom. The quantitative estimate of drug-likeness (QED) is 0.808.